The summed E-state index contributed by atoms with van der Waals surface area (Å²) in [5.74, 6) is 0.331. The monoisotopic (exact) mass is 340 g/mol. The minimum Gasteiger partial charge on any atom is -0.508 e. The van der Waals surface area contributed by atoms with E-state index in [0.29, 0.717) is 17.8 Å². The molecule has 1 aromatic heterocycles. The van der Waals surface area contributed by atoms with Gasteiger partial charge in [0.2, 0.25) is 0 Å². The number of hydrogen-bond acceptors (Lipinski definition) is 2. The van der Waals surface area contributed by atoms with Crippen LogP contribution in [-0.4, -0.2) is 33.2 Å². The van der Waals surface area contributed by atoms with Crippen LogP contribution in [0.1, 0.15) is 51.8 Å². The smallest absolute Gasteiger partial charge is 0.115 e. The van der Waals surface area contributed by atoms with Crippen LogP contribution in [0, 0.1) is 0 Å². The van der Waals surface area contributed by atoms with Crippen LogP contribution in [0.25, 0.3) is 11.3 Å². The van der Waals surface area contributed by atoms with Crippen molar-refractivity contribution in [1.82, 2.24) is 9.47 Å². The molecule has 0 spiro atoms. The van der Waals surface area contributed by atoms with Gasteiger partial charge in [-0.3, -0.25) is 4.90 Å². The molecular formula is C22H32N2O. The summed E-state index contributed by atoms with van der Waals surface area (Å²) in [5, 5.41) is 9.62. The number of aromatic nitrogens is 1. The third-order valence-electron chi connectivity index (χ3n) is 5.48. The lowest BCUT2D eigenvalue weighted by atomic mass is 9.98. The molecule has 3 heteroatoms. The molecule has 3 rings (SSSR count). The number of phenols is 1. The summed E-state index contributed by atoms with van der Waals surface area (Å²) in [6.45, 7) is 11.2. The van der Waals surface area contributed by atoms with Crippen LogP contribution in [-0.2, 0) is 19.4 Å². The van der Waals surface area contributed by atoms with E-state index in [4.69, 9.17) is 0 Å². The topological polar surface area (TPSA) is 28.4 Å². The molecule has 0 atom stereocenters. The quantitative estimate of drug-likeness (QED) is 0.813. The van der Waals surface area contributed by atoms with Crippen LogP contribution in [0.3, 0.4) is 0 Å². The fourth-order valence-electron chi connectivity index (χ4n) is 4.22. The Hall–Kier alpha value is -1.74. The minimum atomic E-state index is 0.331. The van der Waals surface area contributed by atoms with Crippen LogP contribution < -0.4 is 0 Å². The maximum absolute atomic E-state index is 9.62. The van der Waals surface area contributed by atoms with E-state index in [-0.39, 0.29) is 0 Å². The number of nitrogens with zero attached hydrogens (tertiary/aromatic N) is 2. The number of hydrogen-bond donors (Lipinski definition) is 1. The van der Waals surface area contributed by atoms with Crippen molar-refractivity contribution < 1.29 is 5.11 Å². The van der Waals surface area contributed by atoms with Crippen LogP contribution in [0.15, 0.2) is 30.3 Å². The average molecular weight is 341 g/mol. The molecule has 25 heavy (non-hydrogen) atoms. The van der Waals surface area contributed by atoms with Crippen LogP contribution in [0.4, 0.5) is 0 Å². The van der Waals surface area contributed by atoms with Crippen LogP contribution in [0.5, 0.6) is 5.75 Å². The second-order valence-corrected chi connectivity index (χ2v) is 7.83. The molecule has 1 aliphatic rings. The molecule has 1 aromatic carbocycles. The van der Waals surface area contributed by atoms with Gasteiger partial charge in [-0.1, -0.05) is 0 Å². The third kappa shape index (κ3) is 3.92. The largest absolute Gasteiger partial charge is 0.508 e. The number of aryl methyl sites for hydroxylation is 1. The number of aromatic hydroxyl groups is 1. The standard InChI is InChI=1S/C22H32N2O/c1-16(2)23(17(3)4)13-14-24-21-8-6-5-7-19(21)15-22(24)18-9-11-20(25)12-10-18/h9-12,15-17,25H,5-8,13-14H2,1-4H3. The summed E-state index contributed by atoms with van der Waals surface area (Å²) in [6.07, 6.45) is 4.99. The highest BCUT2D eigenvalue weighted by molar-refractivity contribution is 5.63. The van der Waals surface area contributed by atoms with E-state index in [9.17, 15) is 5.11 Å². The molecule has 2 aromatic rings. The van der Waals surface area contributed by atoms with Crippen molar-refractivity contribution in [2.75, 3.05) is 6.54 Å². The SMILES string of the molecule is CC(C)N(CCn1c(-c2ccc(O)cc2)cc2c1CCCC2)C(C)C. The Morgan fingerprint density at radius 1 is 1.00 bits per heavy atom. The first-order chi connectivity index (χ1) is 12.0. The van der Waals surface area contributed by atoms with E-state index in [2.05, 4.69) is 43.2 Å². The lowest BCUT2D eigenvalue weighted by Crippen LogP contribution is -2.39. The van der Waals surface area contributed by atoms with Crippen molar-refractivity contribution in [2.24, 2.45) is 0 Å². The number of phenolic OH excluding ortho intramolecular Hbond substituents is 1. The van der Waals surface area contributed by atoms with Crippen molar-refractivity contribution in [1.29, 1.82) is 0 Å². The van der Waals surface area contributed by atoms with Crippen molar-refractivity contribution in [2.45, 2.75) is 72.0 Å². The van der Waals surface area contributed by atoms with Gasteiger partial charge in [0.25, 0.3) is 0 Å². The zero-order valence-corrected chi connectivity index (χ0v) is 16.1. The molecule has 0 bridgehead atoms. The fourth-order valence-corrected chi connectivity index (χ4v) is 4.22. The molecule has 0 aliphatic heterocycles. The summed E-state index contributed by atoms with van der Waals surface area (Å²) < 4.78 is 2.54. The van der Waals surface area contributed by atoms with Gasteiger partial charge in [-0.2, -0.15) is 0 Å². The van der Waals surface area contributed by atoms with E-state index < -0.39 is 0 Å². The van der Waals surface area contributed by atoms with Gasteiger partial charge in [0, 0.05) is 36.6 Å². The molecule has 1 aliphatic carbocycles. The molecular weight excluding hydrogens is 308 g/mol. The van der Waals surface area contributed by atoms with Gasteiger partial charge in [0.15, 0.2) is 0 Å². The zero-order chi connectivity index (χ0) is 18.0. The lowest BCUT2D eigenvalue weighted by molar-refractivity contribution is 0.168. The Balaban J connectivity index is 1.93. The highest BCUT2D eigenvalue weighted by atomic mass is 16.3. The van der Waals surface area contributed by atoms with Gasteiger partial charge >= 0.3 is 0 Å². The Kier molecular flexibility index (Phi) is 5.53. The molecule has 0 fully saturated rings. The van der Waals surface area contributed by atoms with Crippen molar-refractivity contribution in [3.63, 3.8) is 0 Å². The van der Waals surface area contributed by atoms with Gasteiger partial charge in [-0.15, -0.1) is 0 Å². The van der Waals surface area contributed by atoms with Gasteiger partial charge in [0.1, 0.15) is 5.75 Å². The summed E-state index contributed by atoms with van der Waals surface area (Å²) in [4.78, 5) is 2.57. The molecule has 0 amide bonds. The van der Waals surface area contributed by atoms with E-state index in [1.54, 1.807) is 12.1 Å². The molecule has 0 unspecified atom stereocenters. The Bertz CT molecular complexity index is 690. The minimum absolute atomic E-state index is 0.331. The maximum atomic E-state index is 9.62. The molecule has 1 N–H and O–H groups in total. The summed E-state index contributed by atoms with van der Waals surface area (Å²) in [5.41, 5.74) is 5.56. The predicted octanol–water partition coefficient (Wildman–Crippen LogP) is 4.86. The molecule has 0 radical (unpaired) electrons. The van der Waals surface area contributed by atoms with Gasteiger partial charge in [0.05, 0.1) is 0 Å². The van der Waals surface area contributed by atoms with Crippen molar-refractivity contribution in [3.05, 3.63) is 41.6 Å². The molecule has 0 saturated carbocycles. The number of benzene rings is 1. The van der Waals surface area contributed by atoms with Gasteiger partial charge < -0.3 is 9.67 Å². The van der Waals surface area contributed by atoms with Crippen molar-refractivity contribution in [3.8, 4) is 17.0 Å². The number of rotatable bonds is 6. The Morgan fingerprint density at radius 3 is 2.28 bits per heavy atom. The highest BCUT2D eigenvalue weighted by Crippen LogP contribution is 2.32. The molecule has 136 valence electrons. The average Bonchev–Trinajstić information content (AvgIpc) is 2.94. The molecule has 3 nitrogen and oxygen atoms in total. The highest BCUT2D eigenvalue weighted by Gasteiger charge is 2.20. The normalized spacial score (nSPS) is 14.5. The number of fused-ring (bicyclic) bond motifs is 1. The van der Waals surface area contributed by atoms with Crippen molar-refractivity contribution >= 4 is 0 Å². The van der Waals surface area contributed by atoms with Gasteiger partial charge in [-0.25, -0.2) is 0 Å². The first-order valence-electron chi connectivity index (χ1n) is 9.73. The van der Waals surface area contributed by atoms with E-state index >= 15 is 0 Å². The van der Waals surface area contributed by atoms with E-state index in [0.717, 1.165) is 13.1 Å². The molecule has 1 heterocycles. The lowest BCUT2D eigenvalue weighted by Gasteiger charge is -2.31. The van der Waals surface area contributed by atoms with E-state index in [1.807, 2.05) is 12.1 Å². The zero-order valence-electron chi connectivity index (χ0n) is 16.1. The first-order valence-corrected chi connectivity index (χ1v) is 9.73. The summed E-state index contributed by atoms with van der Waals surface area (Å²) in [7, 11) is 0. The van der Waals surface area contributed by atoms with Gasteiger partial charge in [-0.05, 0) is 94.8 Å². The van der Waals surface area contributed by atoms with Crippen LogP contribution in [0.2, 0.25) is 0 Å². The second kappa shape index (κ2) is 7.65. The Morgan fingerprint density at radius 2 is 1.64 bits per heavy atom. The predicted molar refractivity (Wildman–Crippen MR) is 105 cm³/mol. The van der Waals surface area contributed by atoms with E-state index in [1.165, 1.54) is 48.2 Å². The van der Waals surface area contributed by atoms with Crippen LogP contribution >= 0.6 is 0 Å². The summed E-state index contributed by atoms with van der Waals surface area (Å²) in [6, 6.07) is 11.2. The third-order valence-corrected chi connectivity index (χ3v) is 5.48. The first kappa shape index (κ1) is 18.1. The second-order valence-electron chi connectivity index (χ2n) is 7.83. The summed E-state index contributed by atoms with van der Waals surface area (Å²) >= 11 is 0. The Labute approximate surface area is 152 Å². The molecule has 0 saturated heterocycles. The maximum Gasteiger partial charge on any atom is 0.115 e. The fraction of sp³-hybridized carbons (Fsp3) is 0.545.